The molecule has 1 aromatic heterocycles. The molecule has 1 heterocycles. The van der Waals surface area contributed by atoms with Crippen molar-refractivity contribution in [3.8, 4) is 11.4 Å². The number of nitrogens with one attached hydrogen (secondary N) is 2. The fourth-order valence-electron chi connectivity index (χ4n) is 2.16. The Balaban J connectivity index is 2.27. The zero-order valence-electron chi connectivity index (χ0n) is 12.6. The largest absolute Gasteiger partial charge is 0.330 e. The first kappa shape index (κ1) is 15.2. The van der Waals surface area contributed by atoms with Gasteiger partial charge in [0.1, 0.15) is 5.82 Å². The fourth-order valence-corrected chi connectivity index (χ4v) is 2.16. The van der Waals surface area contributed by atoms with E-state index in [4.69, 9.17) is 5.73 Å². The molecule has 0 saturated heterocycles. The van der Waals surface area contributed by atoms with Crippen molar-refractivity contribution in [2.45, 2.75) is 20.8 Å². The average Bonchev–Trinajstić information content (AvgIpc) is 2.86. The number of aromatic amines is 1. The van der Waals surface area contributed by atoms with Gasteiger partial charge in [-0.25, -0.2) is 4.98 Å². The summed E-state index contributed by atoms with van der Waals surface area (Å²) >= 11 is 0. The molecule has 1 aromatic carbocycles. The lowest BCUT2D eigenvalue weighted by Gasteiger charge is -2.19. The van der Waals surface area contributed by atoms with E-state index in [1.54, 1.807) is 0 Å². The van der Waals surface area contributed by atoms with Crippen molar-refractivity contribution in [3.63, 3.8) is 0 Å². The first-order chi connectivity index (χ1) is 10.0. The predicted octanol–water partition coefficient (Wildman–Crippen LogP) is 1.95. The van der Waals surface area contributed by atoms with Gasteiger partial charge in [-0.3, -0.25) is 9.89 Å². The van der Waals surface area contributed by atoms with Crippen molar-refractivity contribution < 1.29 is 4.79 Å². The highest BCUT2D eigenvalue weighted by molar-refractivity contribution is 5.96. The van der Waals surface area contributed by atoms with Gasteiger partial charge in [0.05, 0.1) is 11.6 Å². The highest BCUT2D eigenvalue weighted by Crippen LogP contribution is 2.25. The molecule has 112 valence electrons. The van der Waals surface area contributed by atoms with E-state index in [2.05, 4.69) is 20.5 Å². The third-order valence-corrected chi connectivity index (χ3v) is 3.42. The Morgan fingerprint density at radius 1 is 1.38 bits per heavy atom. The molecule has 2 rings (SSSR count). The standard InChI is InChI=1S/C15H21N5O/c1-9(2)12(8-16)15(21)18-13-7-5-4-6-11(13)14-17-10(3)19-20-14/h4-7,9,12H,8,16H2,1-3H3,(H,18,21)(H,17,19,20). The van der Waals surface area contributed by atoms with Crippen LogP contribution in [0.5, 0.6) is 0 Å². The summed E-state index contributed by atoms with van der Waals surface area (Å²) in [6.07, 6.45) is 0. The van der Waals surface area contributed by atoms with Crippen molar-refractivity contribution in [1.29, 1.82) is 0 Å². The average molecular weight is 287 g/mol. The number of amides is 1. The SMILES string of the molecule is Cc1nc(-c2ccccc2NC(=O)C(CN)C(C)C)n[nH]1. The molecular weight excluding hydrogens is 266 g/mol. The molecule has 0 spiro atoms. The van der Waals surface area contributed by atoms with E-state index in [-0.39, 0.29) is 17.7 Å². The molecule has 6 heteroatoms. The van der Waals surface area contributed by atoms with Crippen LogP contribution in [-0.4, -0.2) is 27.6 Å². The van der Waals surface area contributed by atoms with Crippen molar-refractivity contribution in [3.05, 3.63) is 30.1 Å². The van der Waals surface area contributed by atoms with Crippen molar-refractivity contribution in [2.24, 2.45) is 17.6 Å². The Kier molecular flexibility index (Phi) is 4.70. The van der Waals surface area contributed by atoms with Gasteiger partial charge < -0.3 is 11.1 Å². The van der Waals surface area contributed by atoms with E-state index in [0.717, 1.165) is 11.4 Å². The van der Waals surface area contributed by atoms with E-state index in [1.807, 2.05) is 45.0 Å². The number of benzene rings is 1. The molecule has 0 aliphatic carbocycles. The fraction of sp³-hybridized carbons (Fsp3) is 0.400. The number of carbonyl (C=O) groups is 1. The molecular formula is C15H21N5O. The minimum absolute atomic E-state index is 0.0767. The number of hydrogen-bond acceptors (Lipinski definition) is 4. The van der Waals surface area contributed by atoms with E-state index in [9.17, 15) is 4.79 Å². The summed E-state index contributed by atoms with van der Waals surface area (Å²) in [5.41, 5.74) is 7.17. The van der Waals surface area contributed by atoms with Gasteiger partial charge in [-0.15, -0.1) is 0 Å². The predicted molar refractivity (Wildman–Crippen MR) is 82.6 cm³/mol. The molecule has 4 N–H and O–H groups in total. The number of hydrogen-bond donors (Lipinski definition) is 3. The normalized spacial score (nSPS) is 12.4. The molecule has 0 saturated carbocycles. The number of aryl methyl sites for hydroxylation is 1. The van der Waals surface area contributed by atoms with Gasteiger partial charge in [-0.1, -0.05) is 26.0 Å². The molecule has 0 bridgehead atoms. The molecule has 2 aromatic rings. The van der Waals surface area contributed by atoms with Gasteiger partial charge in [-0.05, 0) is 25.0 Å². The number of para-hydroxylation sites is 1. The van der Waals surface area contributed by atoms with Gasteiger partial charge in [0, 0.05) is 12.1 Å². The van der Waals surface area contributed by atoms with Crippen LogP contribution in [0.3, 0.4) is 0 Å². The van der Waals surface area contributed by atoms with Crippen LogP contribution < -0.4 is 11.1 Å². The third-order valence-electron chi connectivity index (χ3n) is 3.42. The van der Waals surface area contributed by atoms with Crippen molar-refractivity contribution >= 4 is 11.6 Å². The molecule has 0 radical (unpaired) electrons. The summed E-state index contributed by atoms with van der Waals surface area (Å²) < 4.78 is 0. The number of nitrogens with zero attached hydrogens (tertiary/aromatic N) is 2. The van der Waals surface area contributed by atoms with E-state index < -0.39 is 0 Å². The lowest BCUT2D eigenvalue weighted by Crippen LogP contribution is -2.33. The van der Waals surface area contributed by atoms with E-state index in [1.165, 1.54) is 0 Å². The zero-order chi connectivity index (χ0) is 15.4. The Morgan fingerprint density at radius 3 is 2.67 bits per heavy atom. The zero-order valence-corrected chi connectivity index (χ0v) is 12.6. The Labute approximate surface area is 124 Å². The van der Waals surface area contributed by atoms with Crippen LogP contribution in [0.1, 0.15) is 19.7 Å². The molecule has 1 unspecified atom stereocenters. The van der Waals surface area contributed by atoms with Gasteiger partial charge in [0.2, 0.25) is 5.91 Å². The van der Waals surface area contributed by atoms with Crippen LogP contribution in [0.15, 0.2) is 24.3 Å². The minimum atomic E-state index is -0.216. The van der Waals surface area contributed by atoms with Crippen LogP contribution >= 0.6 is 0 Å². The molecule has 0 aliphatic rings. The quantitative estimate of drug-likeness (QED) is 0.783. The van der Waals surface area contributed by atoms with Crippen molar-refractivity contribution in [1.82, 2.24) is 15.2 Å². The highest BCUT2D eigenvalue weighted by atomic mass is 16.1. The first-order valence-corrected chi connectivity index (χ1v) is 7.02. The summed E-state index contributed by atoms with van der Waals surface area (Å²) in [4.78, 5) is 16.6. The van der Waals surface area contributed by atoms with Crippen LogP contribution in [0.4, 0.5) is 5.69 Å². The maximum Gasteiger partial charge on any atom is 0.229 e. The third kappa shape index (κ3) is 3.46. The number of carbonyl (C=O) groups excluding carboxylic acids is 1. The first-order valence-electron chi connectivity index (χ1n) is 7.02. The summed E-state index contributed by atoms with van der Waals surface area (Å²) in [6, 6.07) is 7.48. The second kappa shape index (κ2) is 6.49. The van der Waals surface area contributed by atoms with Crippen LogP contribution in [0.2, 0.25) is 0 Å². The second-order valence-electron chi connectivity index (χ2n) is 5.37. The second-order valence-corrected chi connectivity index (χ2v) is 5.37. The maximum absolute atomic E-state index is 12.3. The Bertz CT molecular complexity index is 620. The lowest BCUT2D eigenvalue weighted by molar-refractivity contribution is -0.120. The molecule has 6 nitrogen and oxygen atoms in total. The number of nitrogens with two attached hydrogens (primary N) is 1. The topological polar surface area (TPSA) is 96.7 Å². The monoisotopic (exact) mass is 287 g/mol. The van der Waals surface area contributed by atoms with Crippen LogP contribution in [0, 0.1) is 18.8 Å². The van der Waals surface area contributed by atoms with Crippen LogP contribution in [0.25, 0.3) is 11.4 Å². The van der Waals surface area contributed by atoms with Gasteiger partial charge in [-0.2, -0.15) is 5.10 Å². The van der Waals surface area contributed by atoms with Crippen molar-refractivity contribution in [2.75, 3.05) is 11.9 Å². The summed E-state index contributed by atoms with van der Waals surface area (Å²) in [6.45, 7) is 6.13. The van der Waals surface area contributed by atoms with E-state index >= 15 is 0 Å². The minimum Gasteiger partial charge on any atom is -0.330 e. The highest BCUT2D eigenvalue weighted by Gasteiger charge is 2.21. The maximum atomic E-state index is 12.3. The number of anilines is 1. The van der Waals surface area contributed by atoms with Gasteiger partial charge >= 0.3 is 0 Å². The lowest BCUT2D eigenvalue weighted by atomic mass is 9.95. The van der Waals surface area contributed by atoms with Gasteiger partial charge in [0.15, 0.2) is 5.82 Å². The summed E-state index contributed by atoms with van der Waals surface area (Å²) in [7, 11) is 0. The summed E-state index contributed by atoms with van der Waals surface area (Å²) in [5.74, 6) is 1.19. The Morgan fingerprint density at radius 2 is 2.10 bits per heavy atom. The molecule has 1 amide bonds. The van der Waals surface area contributed by atoms with Gasteiger partial charge in [0.25, 0.3) is 0 Å². The summed E-state index contributed by atoms with van der Waals surface area (Å²) in [5, 5.41) is 9.89. The molecule has 21 heavy (non-hydrogen) atoms. The molecule has 0 aliphatic heterocycles. The number of H-pyrrole nitrogens is 1. The number of aromatic nitrogens is 3. The van der Waals surface area contributed by atoms with E-state index in [0.29, 0.717) is 18.1 Å². The Hall–Kier alpha value is -2.21. The smallest absolute Gasteiger partial charge is 0.229 e. The van der Waals surface area contributed by atoms with Crippen LogP contribution in [-0.2, 0) is 4.79 Å². The number of rotatable bonds is 5. The molecule has 0 fully saturated rings. The molecule has 1 atom stereocenters.